The Morgan fingerprint density at radius 3 is 0.685 bits per heavy atom. The predicted octanol–water partition coefficient (Wildman–Crippen LogP) is 18.5. The third kappa shape index (κ3) is 12.8. The molecule has 5 heterocycles. The largest absolute Gasteiger partial charge is 0.354 e. The molecule has 92 heavy (non-hydrogen) atoms. The molecule has 20 heteroatoms. The first kappa shape index (κ1) is 58.2. The number of carbonyl (C=O) groups excluding carboxylic acids is 4. The monoisotopic (exact) mass is 1220 g/mol. The van der Waals surface area contributed by atoms with E-state index in [0.717, 1.165) is 0 Å². The molecule has 8 aromatic carbocycles. The maximum absolute atomic E-state index is 14.0. The van der Waals surface area contributed by atoms with Crippen molar-refractivity contribution in [2.24, 2.45) is 0 Å². The topological polar surface area (TPSA) is 222 Å². The highest BCUT2D eigenvalue weighted by Gasteiger charge is 2.24. The Bertz CT molecular complexity index is 4340. The lowest BCUT2D eigenvalue weighted by Gasteiger charge is -2.15. The normalized spacial score (nSPS) is 11.3. The molecule has 0 spiro atoms. The van der Waals surface area contributed by atoms with Crippen LogP contribution in [-0.2, 0) is 0 Å². The second-order valence-electron chi connectivity index (χ2n) is 21.0. The van der Waals surface area contributed by atoms with Crippen molar-refractivity contribution in [3.63, 3.8) is 0 Å². The highest BCUT2D eigenvalue weighted by Crippen LogP contribution is 2.43. The van der Waals surface area contributed by atoms with Gasteiger partial charge in [0, 0.05) is 89.3 Å². The van der Waals surface area contributed by atoms with E-state index in [1.165, 1.54) is 97.1 Å². The van der Waals surface area contributed by atoms with Crippen LogP contribution < -0.4 is 42.5 Å². The number of nitrogens with one attached hydrogen (secondary N) is 10. The molecule has 0 fully saturated rings. The summed E-state index contributed by atoms with van der Waals surface area (Å²) in [6.07, 6.45) is 7.35. The van der Waals surface area contributed by atoms with Crippen LogP contribution >= 0.6 is 0 Å². The second kappa shape index (κ2) is 25.5. The van der Waals surface area contributed by atoms with Gasteiger partial charge in [-0.3, -0.25) is 0 Å². The number of H-pyrrole nitrogens is 2. The number of aromatic amines is 2. The smallest absolute Gasteiger partial charge is 0.323 e. The molecule has 0 saturated carbocycles. The molecule has 0 radical (unpaired) electrons. The number of rotatable bonds is 12. The van der Waals surface area contributed by atoms with Gasteiger partial charge in [0.2, 0.25) is 0 Å². The molecule has 0 atom stereocenters. The van der Waals surface area contributed by atoms with Crippen LogP contribution in [-0.4, -0.2) is 44.1 Å². The number of benzene rings is 8. The van der Waals surface area contributed by atoms with Crippen LogP contribution in [0.25, 0.3) is 90.9 Å². The van der Waals surface area contributed by atoms with Crippen molar-refractivity contribution in [3.05, 3.63) is 264 Å². The molecule has 10 N–H and O–H groups in total. The van der Waals surface area contributed by atoms with Crippen molar-refractivity contribution in [3.8, 4) is 44.5 Å². The van der Waals surface area contributed by atoms with Crippen LogP contribution in [0, 0.1) is 23.3 Å². The minimum atomic E-state index is -0.615. The predicted molar refractivity (Wildman–Crippen MR) is 357 cm³/mol. The molecule has 16 nitrogen and oxygen atoms in total. The number of anilines is 8. The zero-order valence-corrected chi connectivity index (χ0v) is 48.1. The Morgan fingerprint density at radius 1 is 0.261 bits per heavy atom. The first-order valence-electron chi connectivity index (χ1n) is 28.7. The van der Waals surface area contributed by atoms with E-state index in [1.54, 1.807) is 48.5 Å². The fourth-order valence-corrected chi connectivity index (χ4v) is 10.9. The lowest BCUT2D eigenvalue weighted by molar-refractivity contribution is 0.261. The highest BCUT2D eigenvalue weighted by molar-refractivity contribution is 6.10. The van der Waals surface area contributed by atoms with Gasteiger partial charge in [-0.25, -0.2) is 46.7 Å². The fraction of sp³-hybridized carbons (Fsp3) is 0. The Balaban J connectivity index is 1.07. The number of hydrogen-bond donors (Lipinski definition) is 10. The summed E-state index contributed by atoms with van der Waals surface area (Å²) in [4.78, 5) is 73.9. The van der Waals surface area contributed by atoms with Crippen molar-refractivity contribution in [1.29, 1.82) is 0 Å². The van der Waals surface area contributed by atoms with Gasteiger partial charge in [0.25, 0.3) is 0 Å². The first-order chi connectivity index (χ1) is 44.8. The number of halogens is 4. The summed E-state index contributed by atoms with van der Waals surface area (Å²) in [7, 11) is 0. The van der Waals surface area contributed by atoms with E-state index < -0.39 is 47.4 Å². The molecule has 8 amide bonds. The number of fused-ring (bicyclic) bond motifs is 8. The van der Waals surface area contributed by atoms with E-state index in [1.807, 2.05) is 97.1 Å². The minimum Gasteiger partial charge on any atom is -0.354 e. The zero-order valence-electron chi connectivity index (χ0n) is 48.1. The van der Waals surface area contributed by atoms with Gasteiger partial charge in [-0.05, 0) is 170 Å². The average Bonchev–Trinajstić information content (AvgIpc) is 1.61. The van der Waals surface area contributed by atoms with Crippen LogP contribution in [0.4, 0.5) is 82.2 Å². The average molecular weight is 1220 g/mol. The minimum absolute atomic E-state index is 0.347. The van der Waals surface area contributed by atoms with Crippen molar-refractivity contribution in [2.45, 2.75) is 0 Å². The molecule has 0 aliphatic carbocycles. The summed E-state index contributed by atoms with van der Waals surface area (Å²) < 4.78 is 55.9. The summed E-state index contributed by atoms with van der Waals surface area (Å²) in [5.74, 6) is -1.88. The van der Waals surface area contributed by atoms with Crippen molar-refractivity contribution < 1.29 is 36.7 Å². The number of amides is 8. The van der Waals surface area contributed by atoms with Crippen molar-refractivity contribution >= 4 is 116 Å². The molecular weight excluding hydrogens is 1170 g/mol. The van der Waals surface area contributed by atoms with E-state index in [9.17, 15) is 36.7 Å². The van der Waals surface area contributed by atoms with E-state index in [0.29, 0.717) is 135 Å². The molecule has 11 aromatic rings. The molecule has 0 saturated heterocycles. The summed E-state index contributed by atoms with van der Waals surface area (Å²) in [5, 5.41) is 23.1. The first-order valence-corrected chi connectivity index (χ1v) is 28.7. The second-order valence-corrected chi connectivity index (χ2v) is 21.0. The van der Waals surface area contributed by atoms with Crippen LogP contribution in [0.3, 0.4) is 0 Å². The van der Waals surface area contributed by atoms with Crippen LogP contribution in [0.15, 0.2) is 218 Å². The van der Waals surface area contributed by atoms with E-state index >= 15 is 0 Å². The summed E-state index contributed by atoms with van der Waals surface area (Å²) in [6, 6.07) is 55.1. The van der Waals surface area contributed by atoms with Gasteiger partial charge in [-0.1, -0.05) is 72.8 Å². The van der Waals surface area contributed by atoms with E-state index in [-0.39, 0.29) is 0 Å². The zero-order chi connectivity index (χ0) is 63.2. The van der Waals surface area contributed by atoms with Gasteiger partial charge >= 0.3 is 24.1 Å². The summed E-state index contributed by atoms with van der Waals surface area (Å²) in [5.41, 5.74) is 10.8. The van der Waals surface area contributed by atoms with Gasteiger partial charge in [0.1, 0.15) is 23.3 Å². The Morgan fingerprint density at radius 2 is 0.467 bits per heavy atom. The van der Waals surface area contributed by atoms with Crippen molar-refractivity contribution in [1.82, 2.24) is 19.9 Å². The molecule has 450 valence electrons. The quantitative estimate of drug-likeness (QED) is 0.0536. The molecule has 2 aliphatic rings. The molecule has 13 rings (SSSR count). The van der Waals surface area contributed by atoms with Crippen molar-refractivity contribution in [2.75, 3.05) is 42.5 Å². The van der Waals surface area contributed by atoms with Crippen LogP contribution in [0.1, 0.15) is 22.8 Å². The molecule has 0 unspecified atom stereocenters. The molecule has 2 aliphatic heterocycles. The maximum Gasteiger partial charge on any atom is 0.323 e. The van der Waals surface area contributed by atoms with Gasteiger partial charge in [0.05, 0.1) is 45.5 Å². The Kier molecular flexibility index (Phi) is 16.1. The standard InChI is InChI=1S/C72H50F4N12O4/c73-41-17-25-45(26-18-41)77-69(89)85-53-13-5-1-9-49(53)65-57-33-35-59(81-57)66(50-10-2-6-14-54(50)86-70(90)78-46-27-19-42(74)20-28-46)61-37-39-63(83-61)68(52-12-4-8-16-56(52)88-72(92)80-48-31-23-44(76)24-32-48)64-40-38-62(84-64)67(60-36-34-58(65)82-60)51-11-3-7-15-55(51)87-71(91)79-47-29-21-43(75)22-30-47/h1-40,81,84H,(H2,77,85,89)(H2,78,86,90)(H2,79,87,91)(H2,80,88,92). The SMILES string of the molecule is O=C(Nc1ccc(F)cc1)Nc1ccccc1-c1c2nc(c(-c3ccccc3NC(=O)Nc3ccc(F)cc3)c3ccc([nH]3)c(-c3ccccc3NC(=O)Nc3ccc(F)cc3)c3nc(c(-c4ccccc4NC(=O)Nc4ccc(F)cc4)c4ccc1[nH]4)C=C3)C=C2. The molecular formula is C72H50F4N12O4. The third-order valence-corrected chi connectivity index (χ3v) is 14.9. The number of aromatic nitrogens is 4. The molecule has 3 aromatic heterocycles. The number of hydrogen-bond acceptors (Lipinski definition) is 6. The third-order valence-electron chi connectivity index (χ3n) is 14.9. The number of urea groups is 4. The van der Waals surface area contributed by atoms with Gasteiger partial charge in [-0.2, -0.15) is 0 Å². The number of nitrogens with zero attached hydrogens (tertiary/aromatic N) is 2. The number of carbonyl (C=O) groups is 4. The maximum atomic E-state index is 14.0. The van der Waals surface area contributed by atoms with Crippen LogP contribution in [0.2, 0.25) is 0 Å². The lowest BCUT2D eigenvalue weighted by Crippen LogP contribution is -2.19. The van der Waals surface area contributed by atoms with Gasteiger partial charge < -0.3 is 52.5 Å². The Labute approximate surface area is 521 Å². The lowest BCUT2D eigenvalue weighted by atomic mass is 10.0. The fourth-order valence-electron chi connectivity index (χ4n) is 10.9. The highest BCUT2D eigenvalue weighted by atomic mass is 19.1. The Hall–Kier alpha value is -12.8. The molecule has 8 bridgehead atoms. The van der Waals surface area contributed by atoms with Gasteiger partial charge in [-0.15, -0.1) is 0 Å². The summed E-state index contributed by atoms with van der Waals surface area (Å²) >= 11 is 0. The number of para-hydroxylation sites is 4. The van der Waals surface area contributed by atoms with E-state index in [4.69, 9.17) is 9.97 Å². The van der Waals surface area contributed by atoms with Crippen LogP contribution in [0.5, 0.6) is 0 Å². The summed E-state index contributed by atoms with van der Waals surface area (Å²) in [6.45, 7) is 0. The van der Waals surface area contributed by atoms with Gasteiger partial charge in [0.15, 0.2) is 0 Å². The van der Waals surface area contributed by atoms with E-state index in [2.05, 4.69) is 52.5 Å².